The first-order valence-electron chi connectivity index (χ1n) is 6.32. The fourth-order valence-corrected chi connectivity index (χ4v) is 2.18. The van der Waals surface area contributed by atoms with Gasteiger partial charge in [-0.1, -0.05) is 11.6 Å². The van der Waals surface area contributed by atoms with Crippen molar-refractivity contribution >= 4 is 40.3 Å². The molecule has 0 unspecified atom stereocenters. The van der Waals surface area contributed by atoms with Crippen molar-refractivity contribution in [3.8, 4) is 17.2 Å². The van der Waals surface area contributed by atoms with E-state index in [9.17, 15) is 5.11 Å². The molecule has 0 bridgehead atoms. The maximum absolute atomic E-state index is 9.77. The Bertz CT molecular complexity index is 694. The second-order valence-corrected chi connectivity index (χ2v) is 5.15. The molecule has 2 rings (SSSR count). The summed E-state index contributed by atoms with van der Waals surface area (Å²) in [5, 5.41) is 16.4. The summed E-state index contributed by atoms with van der Waals surface area (Å²) in [6.07, 6.45) is 0. The number of halogens is 1. The number of phenols is 1. The molecule has 2 aromatic carbocycles. The van der Waals surface area contributed by atoms with Crippen LogP contribution in [0.5, 0.6) is 17.2 Å². The second kappa shape index (κ2) is 7.20. The van der Waals surface area contributed by atoms with E-state index in [2.05, 4.69) is 10.6 Å². The number of phenolic OH excluding ortho intramolecular Hbond substituents is 1. The number of rotatable bonds is 4. The molecule has 0 saturated carbocycles. The molecule has 0 saturated heterocycles. The fourth-order valence-electron chi connectivity index (χ4n) is 1.79. The van der Waals surface area contributed by atoms with Gasteiger partial charge in [0.1, 0.15) is 17.2 Å². The number of thiocarbonyl (C=S) groups is 1. The molecule has 116 valence electrons. The lowest BCUT2D eigenvalue weighted by Gasteiger charge is -2.15. The van der Waals surface area contributed by atoms with Gasteiger partial charge in [-0.05, 0) is 42.5 Å². The highest BCUT2D eigenvalue weighted by molar-refractivity contribution is 7.80. The summed E-state index contributed by atoms with van der Waals surface area (Å²) in [6.45, 7) is 0. The first-order chi connectivity index (χ1) is 10.5. The molecular weight excluding hydrogens is 324 g/mol. The fraction of sp³-hybridized carbons (Fsp3) is 0.133. The van der Waals surface area contributed by atoms with Gasteiger partial charge in [-0.2, -0.15) is 0 Å². The van der Waals surface area contributed by atoms with E-state index in [0.717, 1.165) is 0 Å². The molecule has 0 aliphatic heterocycles. The zero-order valence-corrected chi connectivity index (χ0v) is 13.6. The number of ether oxygens (including phenoxy) is 2. The topological polar surface area (TPSA) is 62.8 Å². The molecule has 22 heavy (non-hydrogen) atoms. The summed E-state index contributed by atoms with van der Waals surface area (Å²) in [6, 6.07) is 9.96. The Morgan fingerprint density at radius 3 is 2.45 bits per heavy atom. The Balaban J connectivity index is 2.13. The largest absolute Gasteiger partial charge is 0.506 e. The van der Waals surface area contributed by atoms with Crippen molar-refractivity contribution in [2.45, 2.75) is 0 Å². The SMILES string of the molecule is COc1ccc(NC(=S)Nc2cc(Cl)ccc2O)c(OC)c1. The summed E-state index contributed by atoms with van der Waals surface area (Å²) in [7, 11) is 3.13. The van der Waals surface area contributed by atoms with Crippen molar-refractivity contribution in [2.75, 3.05) is 24.9 Å². The number of hydrogen-bond acceptors (Lipinski definition) is 4. The molecule has 0 amide bonds. The Labute approximate surface area is 138 Å². The van der Waals surface area contributed by atoms with Gasteiger partial charge >= 0.3 is 0 Å². The quantitative estimate of drug-likeness (QED) is 0.581. The van der Waals surface area contributed by atoms with Crippen LogP contribution >= 0.6 is 23.8 Å². The molecule has 0 heterocycles. The van der Waals surface area contributed by atoms with E-state index in [1.165, 1.54) is 6.07 Å². The Morgan fingerprint density at radius 1 is 1.05 bits per heavy atom. The molecule has 0 aliphatic carbocycles. The van der Waals surface area contributed by atoms with Gasteiger partial charge in [0.25, 0.3) is 0 Å². The van der Waals surface area contributed by atoms with E-state index in [1.807, 2.05) is 0 Å². The minimum atomic E-state index is 0.0512. The third-order valence-electron chi connectivity index (χ3n) is 2.86. The highest BCUT2D eigenvalue weighted by Crippen LogP contribution is 2.30. The van der Waals surface area contributed by atoms with Gasteiger partial charge in [-0.3, -0.25) is 0 Å². The van der Waals surface area contributed by atoms with E-state index in [4.69, 9.17) is 33.3 Å². The molecule has 0 radical (unpaired) electrons. The van der Waals surface area contributed by atoms with Crippen LogP contribution in [0, 0.1) is 0 Å². The number of aromatic hydroxyl groups is 1. The molecule has 0 spiro atoms. The summed E-state index contributed by atoms with van der Waals surface area (Å²) in [5.41, 5.74) is 1.08. The third-order valence-corrected chi connectivity index (χ3v) is 3.30. The third kappa shape index (κ3) is 3.93. The van der Waals surface area contributed by atoms with Crippen LogP contribution in [-0.4, -0.2) is 24.4 Å². The van der Waals surface area contributed by atoms with Crippen LogP contribution in [0.3, 0.4) is 0 Å². The van der Waals surface area contributed by atoms with E-state index < -0.39 is 0 Å². The molecule has 0 aromatic heterocycles. The minimum absolute atomic E-state index is 0.0512. The second-order valence-electron chi connectivity index (χ2n) is 4.31. The molecule has 0 atom stereocenters. The molecule has 7 heteroatoms. The predicted octanol–water partition coefficient (Wildman–Crippen LogP) is 3.87. The van der Waals surface area contributed by atoms with Gasteiger partial charge in [0.15, 0.2) is 5.11 Å². The maximum atomic E-state index is 9.77. The first kappa shape index (κ1) is 16.2. The molecular formula is C15H15ClN2O3S. The minimum Gasteiger partial charge on any atom is -0.506 e. The number of anilines is 2. The standard InChI is InChI=1S/C15H15ClN2O3S/c1-20-10-4-5-11(14(8-10)21-2)17-15(22)18-12-7-9(16)3-6-13(12)19/h3-8,19H,1-2H3,(H2,17,18,22). The van der Waals surface area contributed by atoms with Crippen molar-refractivity contribution in [1.29, 1.82) is 0 Å². The van der Waals surface area contributed by atoms with E-state index in [1.54, 1.807) is 44.6 Å². The summed E-state index contributed by atoms with van der Waals surface area (Å²) >= 11 is 11.1. The molecule has 5 nitrogen and oxygen atoms in total. The molecule has 3 N–H and O–H groups in total. The van der Waals surface area contributed by atoms with Gasteiger partial charge in [0.2, 0.25) is 0 Å². The average Bonchev–Trinajstić information content (AvgIpc) is 2.51. The smallest absolute Gasteiger partial charge is 0.175 e. The van der Waals surface area contributed by atoms with E-state index in [-0.39, 0.29) is 5.75 Å². The molecule has 2 aromatic rings. The summed E-state index contributed by atoms with van der Waals surface area (Å²) in [5.74, 6) is 1.31. The summed E-state index contributed by atoms with van der Waals surface area (Å²) in [4.78, 5) is 0. The Hall–Kier alpha value is -2.18. The number of benzene rings is 2. The van der Waals surface area contributed by atoms with Crippen molar-refractivity contribution in [3.05, 3.63) is 41.4 Å². The molecule has 0 aliphatic rings. The van der Waals surface area contributed by atoms with Crippen LogP contribution in [0.15, 0.2) is 36.4 Å². The van der Waals surface area contributed by atoms with Crippen molar-refractivity contribution in [2.24, 2.45) is 0 Å². The monoisotopic (exact) mass is 338 g/mol. The zero-order chi connectivity index (χ0) is 16.1. The van der Waals surface area contributed by atoms with Gasteiger partial charge in [0, 0.05) is 11.1 Å². The predicted molar refractivity (Wildman–Crippen MR) is 92.5 cm³/mol. The normalized spacial score (nSPS) is 9.95. The van der Waals surface area contributed by atoms with Crippen molar-refractivity contribution < 1.29 is 14.6 Å². The van der Waals surface area contributed by atoms with Crippen LogP contribution in [0.4, 0.5) is 11.4 Å². The number of methoxy groups -OCH3 is 2. The maximum Gasteiger partial charge on any atom is 0.175 e. The van der Waals surface area contributed by atoms with Crippen LogP contribution in [0.2, 0.25) is 5.02 Å². The van der Waals surface area contributed by atoms with Gasteiger partial charge in [-0.15, -0.1) is 0 Å². The lowest BCUT2D eigenvalue weighted by Crippen LogP contribution is -2.19. The lowest BCUT2D eigenvalue weighted by molar-refractivity contribution is 0.395. The highest BCUT2D eigenvalue weighted by atomic mass is 35.5. The summed E-state index contributed by atoms with van der Waals surface area (Å²) < 4.78 is 10.4. The number of hydrogen-bond donors (Lipinski definition) is 3. The van der Waals surface area contributed by atoms with Crippen molar-refractivity contribution in [3.63, 3.8) is 0 Å². The van der Waals surface area contributed by atoms with Crippen LogP contribution in [-0.2, 0) is 0 Å². The first-order valence-corrected chi connectivity index (χ1v) is 7.10. The van der Waals surface area contributed by atoms with Gasteiger partial charge < -0.3 is 25.2 Å². The van der Waals surface area contributed by atoms with E-state index >= 15 is 0 Å². The van der Waals surface area contributed by atoms with Crippen molar-refractivity contribution in [1.82, 2.24) is 0 Å². The number of nitrogens with one attached hydrogen (secondary N) is 2. The van der Waals surface area contributed by atoms with Crippen LogP contribution in [0.25, 0.3) is 0 Å². The van der Waals surface area contributed by atoms with E-state index in [0.29, 0.717) is 33.0 Å². The average molecular weight is 339 g/mol. The van der Waals surface area contributed by atoms with Crippen LogP contribution in [0.1, 0.15) is 0 Å². The van der Waals surface area contributed by atoms with Gasteiger partial charge in [0.05, 0.1) is 25.6 Å². The van der Waals surface area contributed by atoms with Gasteiger partial charge in [-0.25, -0.2) is 0 Å². The van der Waals surface area contributed by atoms with Crippen LogP contribution < -0.4 is 20.1 Å². The highest BCUT2D eigenvalue weighted by Gasteiger charge is 2.09. The lowest BCUT2D eigenvalue weighted by atomic mass is 10.2. The zero-order valence-electron chi connectivity index (χ0n) is 12.0. The Kier molecular flexibility index (Phi) is 5.30. The molecule has 0 fully saturated rings. The Morgan fingerprint density at radius 2 is 1.77 bits per heavy atom.